The molecule has 3 aromatic carbocycles. The maximum absolute atomic E-state index is 5.07. The van der Waals surface area contributed by atoms with E-state index in [4.69, 9.17) is 20.1 Å². The molecule has 0 saturated heterocycles. The highest BCUT2D eigenvalue weighted by Crippen LogP contribution is 2.37. The van der Waals surface area contributed by atoms with Gasteiger partial charge in [-0.3, -0.25) is 0 Å². The van der Waals surface area contributed by atoms with Crippen LogP contribution in [0.25, 0.3) is 28.1 Å². The average Bonchev–Trinajstić information content (AvgIpc) is 3.33. The third-order valence-corrected chi connectivity index (χ3v) is 5.94. The van der Waals surface area contributed by atoms with Crippen LogP contribution in [0, 0.1) is 6.92 Å². The van der Waals surface area contributed by atoms with Gasteiger partial charge in [-0.05, 0) is 43.3 Å². The maximum atomic E-state index is 5.07. The van der Waals surface area contributed by atoms with E-state index in [1.165, 1.54) is 0 Å². The Morgan fingerprint density at radius 3 is 2.18 bits per heavy atom. The van der Waals surface area contributed by atoms with Crippen LogP contribution >= 0.6 is 0 Å². The summed E-state index contributed by atoms with van der Waals surface area (Å²) in [6.45, 7) is 1.97. The van der Waals surface area contributed by atoms with Crippen molar-refractivity contribution in [2.24, 2.45) is 4.99 Å². The molecular formula is C27H22N6. The molecule has 5 aromatic rings. The molecule has 2 heterocycles. The number of anilines is 1. The van der Waals surface area contributed by atoms with Crippen molar-refractivity contribution in [3.05, 3.63) is 95.8 Å². The fourth-order valence-corrected chi connectivity index (χ4v) is 4.26. The molecule has 0 aliphatic heterocycles. The molecule has 1 aliphatic rings. The molecule has 0 N–H and O–H groups in total. The number of hydrogen-bond acceptors (Lipinski definition) is 5. The summed E-state index contributed by atoms with van der Waals surface area (Å²) in [5, 5.41) is 4.74. The molecule has 6 heteroatoms. The van der Waals surface area contributed by atoms with E-state index in [9.17, 15) is 0 Å². The molecule has 0 bridgehead atoms. The smallest absolute Gasteiger partial charge is 0.182 e. The van der Waals surface area contributed by atoms with Gasteiger partial charge in [0.15, 0.2) is 5.65 Å². The number of rotatable bonds is 3. The van der Waals surface area contributed by atoms with Crippen LogP contribution in [0.15, 0.2) is 83.9 Å². The Kier molecular flexibility index (Phi) is 4.33. The first-order valence-corrected chi connectivity index (χ1v) is 10.9. The molecule has 0 atom stereocenters. The Bertz CT molecular complexity index is 1530. The summed E-state index contributed by atoms with van der Waals surface area (Å²) in [6, 6.07) is 26.5. The lowest BCUT2D eigenvalue weighted by Crippen LogP contribution is -2.07. The van der Waals surface area contributed by atoms with Gasteiger partial charge in [-0.1, -0.05) is 42.5 Å². The predicted molar refractivity (Wildman–Crippen MR) is 133 cm³/mol. The van der Waals surface area contributed by atoms with Gasteiger partial charge >= 0.3 is 0 Å². The molecule has 0 spiro atoms. The second-order valence-electron chi connectivity index (χ2n) is 8.34. The van der Waals surface area contributed by atoms with Crippen molar-refractivity contribution < 1.29 is 0 Å². The van der Waals surface area contributed by atoms with Crippen molar-refractivity contribution >= 4 is 28.3 Å². The lowest BCUT2D eigenvalue weighted by molar-refractivity contribution is 0.878. The van der Waals surface area contributed by atoms with Crippen LogP contribution < -0.4 is 4.90 Å². The summed E-state index contributed by atoms with van der Waals surface area (Å²) >= 11 is 0. The molecule has 33 heavy (non-hydrogen) atoms. The van der Waals surface area contributed by atoms with Crippen molar-refractivity contribution in [2.75, 3.05) is 19.0 Å². The Morgan fingerprint density at radius 2 is 1.45 bits per heavy atom. The number of aromatic nitrogens is 4. The number of para-hydroxylation sites is 1. The standard InChI is InChI=1S/C27H22N6/c1-17-23-27(33(31-17)20-9-5-4-6-10-20)30-25-22-12-8-7-11-21(22)24(26(25)29-23)28-18-13-15-19(16-14-18)32(2)3/h4-16H,1-3H3. The predicted octanol–water partition coefficient (Wildman–Crippen LogP) is 5.34. The Labute approximate surface area is 191 Å². The summed E-state index contributed by atoms with van der Waals surface area (Å²) in [6.07, 6.45) is 0. The van der Waals surface area contributed by atoms with Crippen molar-refractivity contribution in [1.29, 1.82) is 0 Å². The number of nitrogens with zero attached hydrogens (tertiary/aromatic N) is 6. The number of aliphatic imine (C=N–C) groups is 1. The number of benzene rings is 3. The van der Waals surface area contributed by atoms with Crippen molar-refractivity contribution in [3.8, 4) is 16.9 Å². The van der Waals surface area contributed by atoms with Crippen LogP contribution in [-0.2, 0) is 0 Å². The minimum absolute atomic E-state index is 0.754. The third-order valence-electron chi connectivity index (χ3n) is 5.94. The monoisotopic (exact) mass is 430 g/mol. The molecule has 0 fully saturated rings. The molecule has 6 nitrogen and oxygen atoms in total. The van der Waals surface area contributed by atoms with E-state index >= 15 is 0 Å². The second kappa shape index (κ2) is 7.38. The minimum atomic E-state index is 0.754. The molecule has 1 aliphatic carbocycles. The summed E-state index contributed by atoms with van der Waals surface area (Å²) in [5.41, 5.74) is 9.96. The molecule has 0 amide bonds. The van der Waals surface area contributed by atoms with Gasteiger partial charge in [-0.25, -0.2) is 19.6 Å². The van der Waals surface area contributed by atoms with Gasteiger partial charge in [0.2, 0.25) is 0 Å². The van der Waals surface area contributed by atoms with Gasteiger partial charge in [-0.2, -0.15) is 5.10 Å². The summed E-state index contributed by atoms with van der Waals surface area (Å²) < 4.78 is 1.87. The SMILES string of the molecule is Cc1nn(-c2ccccc2)c2nc3c(nc12)C(=Nc1ccc(N(C)C)cc1)c1ccccc1-3. The van der Waals surface area contributed by atoms with Gasteiger partial charge in [0.1, 0.15) is 16.9 Å². The Hall–Kier alpha value is -4.32. The Balaban J connectivity index is 1.57. The quantitative estimate of drug-likeness (QED) is 0.380. The zero-order chi connectivity index (χ0) is 22.5. The van der Waals surface area contributed by atoms with Crippen LogP contribution in [0.1, 0.15) is 17.0 Å². The third kappa shape index (κ3) is 3.10. The van der Waals surface area contributed by atoms with Crippen LogP contribution in [0.2, 0.25) is 0 Å². The van der Waals surface area contributed by atoms with Gasteiger partial charge in [-0.15, -0.1) is 0 Å². The van der Waals surface area contributed by atoms with E-state index in [0.717, 1.165) is 62.1 Å². The van der Waals surface area contributed by atoms with E-state index in [0.29, 0.717) is 0 Å². The van der Waals surface area contributed by atoms with E-state index in [-0.39, 0.29) is 0 Å². The van der Waals surface area contributed by atoms with Crippen LogP contribution in [0.3, 0.4) is 0 Å². The Morgan fingerprint density at radius 1 is 0.758 bits per heavy atom. The molecule has 2 aromatic heterocycles. The number of hydrogen-bond donors (Lipinski definition) is 0. The van der Waals surface area contributed by atoms with Crippen molar-refractivity contribution in [2.45, 2.75) is 6.92 Å². The topological polar surface area (TPSA) is 59.2 Å². The molecule has 160 valence electrons. The minimum Gasteiger partial charge on any atom is -0.378 e. The largest absolute Gasteiger partial charge is 0.378 e. The van der Waals surface area contributed by atoms with Crippen LogP contribution in [0.5, 0.6) is 0 Å². The second-order valence-corrected chi connectivity index (χ2v) is 8.34. The van der Waals surface area contributed by atoms with E-state index in [2.05, 4.69) is 29.2 Å². The number of aryl methyl sites for hydroxylation is 1. The first-order valence-electron chi connectivity index (χ1n) is 10.9. The first kappa shape index (κ1) is 19.4. The summed E-state index contributed by atoms with van der Waals surface area (Å²) in [4.78, 5) is 17.2. The van der Waals surface area contributed by atoms with Gasteiger partial charge in [0, 0.05) is 30.9 Å². The normalized spacial score (nSPS) is 13.4. The van der Waals surface area contributed by atoms with E-state index < -0.39 is 0 Å². The molecule has 0 unspecified atom stereocenters. The summed E-state index contributed by atoms with van der Waals surface area (Å²) in [7, 11) is 4.06. The fraction of sp³-hybridized carbons (Fsp3) is 0.111. The first-order chi connectivity index (χ1) is 16.1. The highest BCUT2D eigenvalue weighted by atomic mass is 15.3. The average molecular weight is 431 g/mol. The highest BCUT2D eigenvalue weighted by Gasteiger charge is 2.30. The zero-order valence-electron chi connectivity index (χ0n) is 18.7. The van der Waals surface area contributed by atoms with Gasteiger partial charge in [0.05, 0.1) is 22.8 Å². The van der Waals surface area contributed by atoms with E-state index in [1.807, 2.05) is 80.3 Å². The van der Waals surface area contributed by atoms with Crippen LogP contribution in [0.4, 0.5) is 11.4 Å². The highest BCUT2D eigenvalue weighted by molar-refractivity contribution is 6.24. The lowest BCUT2D eigenvalue weighted by atomic mass is 10.1. The molecule has 0 saturated carbocycles. The molecule has 0 radical (unpaired) electrons. The zero-order valence-corrected chi connectivity index (χ0v) is 18.7. The molecule has 6 rings (SSSR count). The number of fused-ring (bicyclic) bond motifs is 4. The van der Waals surface area contributed by atoms with E-state index in [1.54, 1.807) is 0 Å². The maximum Gasteiger partial charge on any atom is 0.182 e. The van der Waals surface area contributed by atoms with Crippen molar-refractivity contribution in [1.82, 2.24) is 19.7 Å². The molecular weight excluding hydrogens is 408 g/mol. The van der Waals surface area contributed by atoms with Crippen molar-refractivity contribution in [3.63, 3.8) is 0 Å². The van der Waals surface area contributed by atoms with Crippen LogP contribution in [-0.4, -0.2) is 39.6 Å². The lowest BCUT2D eigenvalue weighted by Gasteiger charge is -2.11. The van der Waals surface area contributed by atoms with Gasteiger partial charge < -0.3 is 4.90 Å². The summed E-state index contributed by atoms with van der Waals surface area (Å²) in [5.74, 6) is 0. The fourth-order valence-electron chi connectivity index (χ4n) is 4.26. The van der Waals surface area contributed by atoms with Gasteiger partial charge in [0.25, 0.3) is 0 Å².